The molecule has 25 heavy (non-hydrogen) atoms. The number of aromatic nitrogens is 3. The average molecular weight is 363 g/mol. The Morgan fingerprint density at radius 3 is 2.72 bits per heavy atom. The Morgan fingerprint density at radius 1 is 1.36 bits per heavy atom. The monoisotopic (exact) mass is 363 g/mol. The number of hydrogen-bond acceptors (Lipinski definition) is 7. The molecule has 2 rings (SSSR count). The number of nitrogens with zero attached hydrogens (tertiary/aromatic N) is 3. The molecule has 1 amide bonds. The number of hydrogen-bond donors (Lipinski definition) is 1. The lowest BCUT2D eigenvalue weighted by molar-refractivity contribution is -0.308. The predicted molar refractivity (Wildman–Crippen MR) is 93.1 cm³/mol. The van der Waals surface area contributed by atoms with E-state index in [0.717, 1.165) is 4.68 Å². The van der Waals surface area contributed by atoms with Crippen molar-refractivity contribution in [2.45, 2.75) is 31.8 Å². The third-order valence-corrected chi connectivity index (χ3v) is 4.44. The van der Waals surface area contributed by atoms with Gasteiger partial charge in [-0.05, 0) is 37.0 Å². The van der Waals surface area contributed by atoms with Crippen molar-refractivity contribution in [1.82, 2.24) is 20.3 Å². The van der Waals surface area contributed by atoms with Gasteiger partial charge in [-0.15, -0.1) is 5.10 Å². The van der Waals surface area contributed by atoms with Crippen molar-refractivity contribution in [2.24, 2.45) is 0 Å². The Balaban J connectivity index is 2.40. The summed E-state index contributed by atoms with van der Waals surface area (Å²) in [5.74, 6) is -1.35. The van der Waals surface area contributed by atoms with Crippen LogP contribution in [0, 0.1) is 0 Å². The molecule has 0 radical (unpaired) electrons. The lowest BCUT2D eigenvalue weighted by atomic mass is 10.1. The molecule has 2 aromatic rings. The predicted octanol–water partition coefficient (Wildman–Crippen LogP) is -0.270. The van der Waals surface area contributed by atoms with Gasteiger partial charge in [-0.25, -0.2) is 0 Å². The highest BCUT2D eigenvalue weighted by atomic mass is 32.2. The summed E-state index contributed by atoms with van der Waals surface area (Å²) in [6.07, 6.45) is 2.38. The Labute approximate surface area is 148 Å². The smallest absolute Gasteiger partial charge is 0.278 e. The van der Waals surface area contributed by atoms with Gasteiger partial charge in [0.15, 0.2) is 0 Å². The molecule has 0 saturated heterocycles. The van der Waals surface area contributed by atoms with Gasteiger partial charge in [-0.1, -0.05) is 24.3 Å². The summed E-state index contributed by atoms with van der Waals surface area (Å²) in [7, 11) is 0. The van der Waals surface area contributed by atoms with Gasteiger partial charge in [-0.2, -0.15) is 16.4 Å². The lowest BCUT2D eigenvalue weighted by Crippen LogP contribution is -2.50. The van der Waals surface area contributed by atoms with E-state index < -0.39 is 29.5 Å². The number of carbonyl (C=O) groups excluding carboxylic acids is 2. The van der Waals surface area contributed by atoms with Crippen LogP contribution in [0.5, 0.6) is 0 Å². The summed E-state index contributed by atoms with van der Waals surface area (Å²) in [4.78, 5) is 36.3. The molecule has 0 bridgehead atoms. The second kappa shape index (κ2) is 8.61. The van der Waals surface area contributed by atoms with Gasteiger partial charge in [0, 0.05) is 0 Å². The molecule has 2 atom stereocenters. The summed E-state index contributed by atoms with van der Waals surface area (Å²) in [5.41, 5.74) is 0.00213. The fourth-order valence-electron chi connectivity index (χ4n) is 2.40. The molecule has 0 fully saturated rings. The van der Waals surface area contributed by atoms with E-state index in [2.05, 4.69) is 15.6 Å². The normalized spacial score (nSPS) is 13.4. The Morgan fingerprint density at radius 2 is 2.08 bits per heavy atom. The SMILES string of the molecule is CC[C@@H](NC(=O)[C@H](CCSC)n1nnc2ccccc2c1=O)C(=O)[O-]. The van der Waals surface area contributed by atoms with Gasteiger partial charge in [-0.3, -0.25) is 9.59 Å². The van der Waals surface area contributed by atoms with Crippen LogP contribution in [-0.4, -0.2) is 44.9 Å². The average Bonchev–Trinajstić information content (AvgIpc) is 2.61. The zero-order valence-corrected chi connectivity index (χ0v) is 14.8. The Hall–Kier alpha value is -2.42. The molecule has 9 heteroatoms. The van der Waals surface area contributed by atoms with Crippen molar-refractivity contribution >= 4 is 34.5 Å². The third-order valence-electron chi connectivity index (χ3n) is 3.79. The summed E-state index contributed by atoms with van der Waals surface area (Å²) >= 11 is 1.51. The maximum absolute atomic E-state index is 12.7. The first-order valence-electron chi connectivity index (χ1n) is 7.84. The first-order valence-corrected chi connectivity index (χ1v) is 9.23. The molecular formula is C16H19N4O4S-. The first kappa shape index (κ1) is 18.9. The number of nitrogens with one attached hydrogen (secondary N) is 1. The molecular weight excluding hydrogens is 344 g/mol. The molecule has 1 aromatic carbocycles. The summed E-state index contributed by atoms with van der Waals surface area (Å²) in [6, 6.07) is 4.66. The number of amides is 1. The van der Waals surface area contributed by atoms with Crippen molar-refractivity contribution in [3.05, 3.63) is 34.6 Å². The lowest BCUT2D eigenvalue weighted by Gasteiger charge is -2.22. The molecule has 0 unspecified atom stereocenters. The van der Waals surface area contributed by atoms with E-state index in [-0.39, 0.29) is 6.42 Å². The second-order valence-electron chi connectivity index (χ2n) is 5.44. The van der Waals surface area contributed by atoms with Gasteiger partial charge in [0.2, 0.25) is 5.91 Å². The largest absolute Gasteiger partial charge is 0.548 e. The van der Waals surface area contributed by atoms with Gasteiger partial charge in [0.25, 0.3) is 5.56 Å². The van der Waals surface area contributed by atoms with Crippen LogP contribution in [0.1, 0.15) is 25.8 Å². The molecule has 0 aliphatic carbocycles. The van der Waals surface area contributed by atoms with Crippen LogP contribution in [0.4, 0.5) is 0 Å². The van der Waals surface area contributed by atoms with Crippen LogP contribution < -0.4 is 16.0 Å². The molecule has 1 heterocycles. The zero-order chi connectivity index (χ0) is 18.4. The molecule has 0 saturated carbocycles. The first-order chi connectivity index (χ1) is 12.0. The molecule has 1 aromatic heterocycles. The Kier molecular flexibility index (Phi) is 6.51. The van der Waals surface area contributed by atoms with Crippen molar-refractivity contribution in [1.29, 1.82) is 0 Å². The fraction of sp³-hybridized carbons (Fsp3) is 0.438. The molecule has 0 spiro atoms. The highest BCUT2D eigenvalue weighted by Gasteiger charge is 2.25. The minimum atomic E-state index is -1.36. The van der Waals surface area contributed by atoms with Crippen molar-refractivity contribution in [2.75, 3.05) is 12.0 Å². The van der Waals surface area contributed by atoms with Crippen LogP contribution in [-0.2, 0) is 9.59 Å². The number of carbonyl (C=O) groups is 2. The maximum Gasteiger partial charge on any atom is 0.278 e. The van der Waals surface area contributed by atoms with E-state index >= 15 is 0 Å². The van der Waals surface area contributed by atoms with E-state index in [1.54, 1.807) is 31.2 Å². The van der Waals surface area contributed by atoms with Gasteiger partial charge in [0.1, 0.15) is 11.6 Å². The highest BCUT2D eigenvalue weighted by molar-refractivity contribution is 7.98. The molecule has 134 valence electrons. The number of carboxylic acids is 1. The van der Waals surface area contributed by atoms with Crippen LogP contribution in [0.15, 0.2) is 29.1 Å². The van der Waals surface area contributed by atoms with Crippen molar-refractivity contribution < 1.29 is 14.7 Å². The fourth-order valence-corrected chi connectivity index (χ4v) is 2.85. The number of aliphatic carboxylic acids is 1. The summed E-state index contributed by atoms with van der Waals surface area (Å²) < 4.78 is 1.02. The van der Waals surface area contributed by atoms with E-state index in [4.69, 9.17) is 0 Å². The molecule has 8 nitrogen and oxygen atoms in total. The van der Waals surface area contributed by atoms with Crippen LogP contribution >= 0.6 is 11.8 Å². The quantitative estimate of drug-likeness (QED) is 0.686. The van der Waals surface area contributed by atoms with E-state index in [1.807, 2.05) is 6.26 Å². The van der Waals surface area contributed by atoms with Crippen LogP contribution in [0.2, 0.25) is 0 Å². The minimum Gasteiger partial charge on any atom is -0.548 e. The summed E-state index contributed by atoms with van der Waals surface area (Å²) in [5, 5.41) is 21.7. The number of benzene rings is 1. The second-order valence-corrected chi connectivity index (χ2v) is 6.43. The highest BCUT2D eigenvalue weighted by Crippen LogP contribution is 2.14. The van der Waals surface area contributed by atoms with Gasteiger partial charge < -0.3 is 15.2 Å². The topological polar surface area (TPSA) is 117 Å². The molecule has 1 N–H and O–H groups in total. The Bertz CT molecular complexity index is 823. The van der Waals surface area contributed by atoms with Crippen molar-refractivity contribution in [3.8, 4) is 0 Å². The number of rotatable bonds is 8. The van der Waals surface area contributed by atoms with E-state index in [1.165, 1.54) is 11.8 Å². The third kappa shape index (κ3) is 4.36. The molecule has 0 aliphatic heterocycles. The number of carboxylic acid groups (broad SMARTS) is 1. The van der Waals surface area contributed by atoms with Crippen molar-refractivity contribution in [3.63, 3.8) is 0 Å². The minimum absolute atomic E-state index is 0.182. The zero-order valence-electron chi connectivity index (χ0n) is 14.0. The maximum atomic E-state index is 12.7. The van der Waals surface area contributed by atoms with E-state index in [0.29, 0.717) is 23.1 Å². The van der Waals surface area contributed by atoms with Crippen LogP contribution in [0.3, 0.4) is 0 Å². The summed E-state index contributed by atoms with van der Waals surface area (Å²) in [6.45, 7) is 1.62. The van der Waals surface area contributed by atoms with E-state index in [9.17, 15) is 19.5 Å². The molecule has 0 aliphatic rings. The van der Waals surface area contributed by atoms with Crippen LogP contribution in [0.25, 0.3) is 10.9 Å². The standard InChI is InChI=1S/C16H20N4O4S/c1-3-11(16(23)24)17-14(21)13(8-9-25-2)20-15(22)10-6-4-5-7-12(10)18-19-20/h4-7,11,13H,3,8-9H2,1-2H3,(H,17,21)(H,23,24)/p-1/t11-,13+/m1/s1. The number of fused-ring (bicyclic) bond motifs is 1. The van der Waals surface area contributed by atoms with Gasteiger partial charge >= 0.3 is 0 Å². The number of thioether (sulfide) groups is 1. The van der Waals surface area contributed by atoms with Gasteiger partial charge in [0.05, 0.1) is 17.4 Å².